The molecule has 0 spiro atoms. The van der Waals surface area contributed by atoms with E-state index in [0.717, 1.165) is 51.4 Å². The molecule has 0 radical (unpaired) electrons. The summed E-state index contributed by atoms with van der Waals surface area (Å²) in [6.45, 7) is 4.43. The van der Waals surface area contributed by atoms with Crippen molar-refractivity contribution in [1.82, 2.24) is 5.32 Å². The van der Waals surface area contributed by atoms with Crippen molar-refractivity contribution in [3.8, 4) is 0 Å². The van der Waals surface area contributed by atoms with Crippen LogP contribution >= 0.6 is 0 Å². The molecule has 0 aliphatic heterocycles. The molecular weight excluding hydrogens is 242 g/mol. The molecule has 2 N–H and O–H groups in total. The van der Waals surface area contributed by atoms with Gasteiger partial charge in [0.2, 0.25) is 5.91 Å². The van der Waals surface area contributed by atoms with Crippen LogP contribution in [0, 0.1) is 5.41 Å². The van der Waals surface area contributed by atoms with Gasteiger partial charge in [-0.05, 0) is 32.1 Å². The summed E-state index contributed by atoms with van der Waals surface area (Å²) in [7, 11) is 0. The Morgan fingerprint density at radius 3 is 2.42 bits per heavy atom. The van der Waals surface area contributed by atoms with Crippen molar-refractivity contribution in [2.75, 3.05) is 6.54 Å². The van der Waals surface area contributed by atoms with Crippen molar-refractivity contribution in [2.24, 2.45) is 5.41 Å². The molecule has 1 rings (SSSR count). The average molecular weight is 267 g/mol. The van der Waals surface area contributed by atoms with Gasteiger partial charge in [0.05, 0.1) is 5.41 Å². The molecule has 0 atom stereocenters. The fourth-order valence-corrected chi connectivity index (χ4v) is 2.55. The van der Waals surface area contributed by atoms with Gasteiger partial charge in [-0.1, -0.05) is 25.3 Å². The van der Waals surface area contributed by atoms with Crippen molar-refractivity contribution in [1.29, 1.82) is 0 Å². The molecule has 4 heteroatoms. The van der Waals surface area contributed by atoms with Crippen LogP contribution in [0.15, 0.2) is 12.7 Å². The zero-order valence-corrected chi connectivity index (χ0v) is 11.6. The molecule has 1 amide bonds. The SMILES string of the molecule is C=CCC1(C(=O)NCCCCCCC(=O)O)CCC1. The first-order valence-electron chi connectivity index (χ1n) is 7.22. The van der Waals surface area contributed by atoms with E-state index in [1.54, 1.807) is 0 Å². The summed E-state index contributed by atoms with van der Waals surface area (Å²) in [5, 5.41) is 11.5. The van der Waals surface area contributed by atoms with E-state index in [0.29, 0.717) is 6.54 Å². The number of carbonyl (C=O) groups is 2. The third kappa shape index (κ3) is 5.05. The first-order chi connectivity index (χ1) is 9.10. The Balaban J connectivity index is 2.07. The molecule has 0 heterocycles. The highest BCUT2D eigenvalue weighted by Gasteiger charge is 2.42. The summed E-state index contributed by atoms with van der Waals surface area (Å²) in [4.78, 5) is 22.4. The summed E-state index contributed by atoms with van der Waals surface area (Å²) in [5.41, 5.74) is -0.176. The lowest BCUT2D eigenvalue weighted by molar-refractivity contribution is -0.137. The molecule has 1 aliphatic carbocycles. The van der Waals surface area contributed by atoms with Crippen molar-refractivity contribution < 1.29 is 14.7 Å². The Bertz CT molecular complexity index is 321. The highest BCUT2D eigenvalue weighted by Crippen LogP contribution is 2.44. The molecule has 1 saturated carbocycles. The summed E-state index contributed by atoms with van der Waals surface area (Å²) >= 11 is 0. The van der Waals surface area contributed by atoms with Crippen molar-refractivity contribution >= 4 is 11.9 Å². The minimum atomic E-state index is -0.732. The highest BCUT2D eigenvalue weighted by atomic mass is 16.4. The van der Waals surface area contributed by atoms with Gasteiger partial charge in [0, 0.05) is 13.0 Å². The summed E-state index contributed by atoms with van der Waals surface area (Å²) in [5.74, 6) is -0.561. The molecule has 1 aliphatic rings. The van der Waals surface area contributed by atoms with Crippen LogP contribution in [0.3, 0.4) is 0 Å². The van der Waals surface area contributed by atoms with E-state index in [-0.39, 0.29) is 17.7 Å². The second-order valence-electron chi connectivity index (χ2n) is 5.44. The summed E-state index contributed by atoms with van der Waals surface area (Å²) in [6.07, 6.45) is 9.49. The standard InChI is InChI=1S/C15H25NO3/c1-2-9-15(10-7-11-15)14(19)16-12-6-4-3-5-8-13(17)18/h2H,1,3-12H2,(H,16,19)(H,17,18). The number of carboxylic acids is 1. The van der Waals surface area contributed by atoms with Gasteiger partial charge < -0.3 is 10.4 Å². The van der Waals surface area contributed by atoms with E-state index in [9.17, 15) is 9.59 Å². The normalized spacial score (nSPS) is 16.4. The quantitative estimate of drug-likeness (QED) is 0.472. The zero-order chi connectivity index (χ0) is 14.1. The zero-order valence-electron chi connectivity index (χ0n) is 11.6. The minimum absolute atomic E-state index is 0.171. The topological polar surface area (TPSA) is 66.4 Å². The van der Waals surface area contributed by atoms with Crippen LogP contribution in [0.4, 0.5) is 0 Å². The second kappa shape index (κ2) is 7.97. The number of carbonyl (C=O) groups excluding carboxylic acids is 1. The molecule has 0 aromatic rings. The Morgan fingerprint density at radius 2 is 1.89 bits per heavy atom. The van der Waals surface area contributed by atoms with E-state index >= 15 is 0 Å². The van der Waals surface area contributed by atoms with E-state index in [1.807, 2.05) is 6.08 Å². The lowest BCUT2D eigenvalue weighted by Crippen LogP contribution is -2.45. The number of carboxylic acid groups (broad SMARTS) is 1. The second-order valence-corrected chi connectivity index (χ2v) is 5.44. The molecule has 0 bridgehead atoms. The Kier molecular flexibility index (Phi) is 6.60. The molecule has 0 aromatic carbocycles. The Morgan fingerprint density at radius 1 is 1.21 bits per heavy atom. The van der Waals surface area contributed by atoms with Gasteiger partial charge in [-0.3, -0.25) is 9.59 Å². The number of unbranched alkanes of at least 4 members (excludes halogenated alkanes) is 3. The molecule has 1 fully saturated rings. The third-order valence-corrected chi connectivity index (χ3v) is 3.93. The smallest absolute Gasteiger partial charge is 0.303 e. The summed E-state index contributed by atoms with van der Waals surface area (Å²) in [6, 6.07) is 0. The first-order valence-corrected chi connectivity index (χ1v) is 7.22. The lowest BCUT2D eigenvalue weighted by atomic mass is 9.66. The van der Waals surface area contributed by atoms with Gasteiger partial charge in [0.25, 0.3) is 0 Å². The number of hydrogen-bond acceptors (Lipinski definition) is 2. The number of rotatable bonds is 10. The van der Waals surface area contributed by atoms with Gasteiger partial charge in [-0.25, -0.2) is 0 Å². The van der Waals surface area contributed by atoms with E-state index in [1.165, 1.54) is 0 Å². The van der Waals surface area contributed by atoms with Crippen LogP contribution < -0.4 is 5.32 Å². The van der Waals surface area contributed by atoms with Gasteiger partial charge in [0.15, 0.2) is 0 Å². The van der Waals surface area contributed by atoms with Crippen LogP contribution in [0.2, 0.25) is 0 Å². The van der Waals surface area contributed by atoms with Crippen LogP contribution in [-0.4, -0.2) is 23.5 Å². The lowest BCUT2D eigenvalue weighted by Gasteiger charge is -2.39. The van der Waals surface area contributed by atoms with E-state index < -0.39 is 5.97 Å². The molecule has 0 aromatic heterocycles. The Labute approximate surface area is 115 Å². The number of hydrogen-bond donors (Lipinski definition) is 2. The predicted octanol–water partition coefficient (Wildman–Crippen LogP) is 2.88. The molecule has 4 nitrogen and oxygen atoms in total. The van der Waals surface area contributed by atoms with Crippen LogP contribution in [-0.2, 0) is 9.59 Å². The average Bonchev–Trinajstić information content (AvgIpc) is 2.31. The third-order valence-electron chi connectivity index (χ3n) is 3.93. The fourth-order valence-electron chi connectivity index (χ4n) is 2.55. The van der Waals surface area contributed by atoms with Gasteiger partial charge in [-0.15, -0.1) is 6.58 Å². The van der Waals surface area contributed by atoms with Gasteiger partial charge >= 0.3 is 5.97 Å². The monoisotopic (exact) mass is 267 g/mol. The number of aliphatic carboxylic acids is 1. The number of nitrogens with one attached hydrogen (secondary N) is 1. The van der Waals surface area contributed by atoms with Crippen LogP contribution in [0.25, 0.3) is 0 Å². The first kappa shape index (κ1) is 15.7. The van der Waals surface area contributed by atoms with Crippen LogP contribution in [0.1, 0.15) is 57.8 Å². The Hall–Kier alpha value is -1.32. The molecule has 0 saturated heterocycles. The predicted molar refractivity (Wildman–Crippen MR) is 74.8 cm³/mol. The molecule has 0 unspecified atom stereocenters. The van der Waals surface area contributed by atoms with Gasteiger partial charge in [0.1, 0.15) is 0 Å². The van der Waals surface area contributed by atoms with Crippen molar-refractivity contribution in [2.45, 2.75) is 57.8 Å². The maximum absolute atomic E-state index is 12.1. The van der Waals surface area contributed by atoms with Crippen molar-refractivity contribution in [3.05, 3.63) is 12.7 Å². The van der Waals surface area contributed by atoms with E-state index in [2.05, 4.69) is 11.9 Å². The number of amides is 1. The molecule has 108 valence electrons. The maximum atomic E-state index is 12.1. The van der Waals surface area contributed by atoms with E-state index in [4.69, 9.17) is 5.11 Å². The fraction of sp³-hybridized carbons (Fsp3) is 0.733. The van der Waals surface area contributed by atoms with Crippen LogP contribution in [0.5, 0.6) is 0 Å². The minimum Gasteiger partial charge on any atom is -0.481 e. The largest absolute Gasteiger partial charge is 0.481 e. The molecular formula is C15H25NO3. The van der Waals surface area contributed by atoms with Crippen molar-refractivity contribution in [3.63, 3.8) is 0 Å². The maximum Gasteiger partial charge on any atom is 0.303 e. The highest BCUT2D eigenvalue weighted by molar-refractivity contribution is 5.83. The number of allylic oxidation sites excluding steroid dienone is 1. The van der Waals surface area contributed by atoms with Gasteiger partial charge in [-0.2, -0.15) is 0 Å². The summed E-state index contributed by atoms with van der Waals surface area (Å²) < 4.78 is 0. The molecule has 19 heavy (non-hydrogen) atoms.